The van der Waals surface area contributed by atoms with Crippen LogP contribution in [-0.4, -0.2) is 20.7 Å². The van der Waals surface area contributed by atoms with E-state index < -0.39 is 23.3 Å². The number of halogens is 3. The first kappa shape index (κ1) is 13.1. The van der Waals surface area contributed by atoms with Gasteiger partial charge in [0.15, 0.2) is 11.5 Å². The van der Waals surface area contributed by atoms with Crippen molar-refractivity contribution in [2.45, 2.75) is 13.1 Å². The van der Waals surface area contributed by atoms with E-state index in [0.29, 0.717) is 10.2 Å². The molecule has 19 heavy (non-hydrogen) atoms. The van der Waals surface area contributed by atoms with E-state index in [-0.39, 0.29) is 5.82 Å². The van der Waals surface area contributed by atoms with Crippen LogP contribution >= 0.6 is 0 Å². The highest BCUT2D eigenvalue weighted by Crippen LogP contribution is 2.33. The second-order valence-electron chi connectivity index (χ2n) is 3.82. The molecule has 0 saturated heterocycles. The molecular weight excluding hydrogens is 261 g/mol. The number of hydrogen-bond donors (Lipinski definition) is 1. The molecule has 2 rings (SSSR count). The number of hydrogen-bond acceptors (Lipinski definition) is 3. The Bertz CT molecular complexity index is 633. The highest BCUT2D eigenvalue weighted by Gasteiger charge is 2.40. The Balaban J connectivity index is 2.73. The van der Waals surface area contributed by atoms with Crippen LogP contribution in [0, 0.1) is 6.92 Å². The summed E-state index contributed by atoms with van der Waals surface area (Å²) in [5.41, 5.74) is 3.52. The van der Waals surface area contributed by atoms with Crippen molar-refractivity contribution in [2.75, 3.05) is 0 Å². The average Bonchev–Trinajstić information content (AvgIpc) is 2.73. The predicted octanol–water partition coefficient (Wildman–Crippen LogP) is 1.69. The highest BCUT2D eigenvalue weighted by atomic mass is 19.4. The van der Waals surface area contributed by atoms with Crippen LogP contribution in [0.1, 0.15) is 21.6 Å². The normalized spacial score (nSPS) is 11.6. The van der Waals surface area contributed by atoms with Crippen LogP contribution < -0.4 is 5.73 Å². The van der Waals surface area contributed by atoms with Gasteiger partial charge < -0.3 is 5.73 Å². The van der Waals surface area contributed by atoms with Crippen LogP contribution in [0.25, 0.3) is 5.82 Å². The van der Waals surface area contributed by atoms with Gasteiger partial charge in [-0.15, -0.1) is 0 Å². The molecule has 2 aromatic rings. The summed E-state index contributed by atoms with van der Waals surface area (Å²) in [6.07, 6.45) is -2.63. The number of rotatable bonds is 2. The number of primary amides is 1. The summed E-state index contributed by atoms with van der Waals surface area (Å²) in [6.45, 7) is 1.59. The van der Waals surface area contributed by atoms with E-state index in [2.05, 4.69) is 10.1 Å². The summed E-state index contributed by atoms with van der Waals surface area (Å²) < 4.78 is 39.6. The molecule has 0 spiro atoms. The third kappa shape index (κ3) is 2.28. The van der Waals surface area contributed by atoms with E-state index in [9.17, 15) is 18.0 Å². The first-order valence-corrected chi connectivity index (χ1v) is 5.19. The van der Waals surface area contributed by atoms with Crippen molar-refractivity contribution >= 4 is 5.91 Å². The molecule has 2 N–H and O–H groups in total. The molecule has 0 aliphatic carbocycles. The van der Waals surface area contributed by atoms with Gasteiger partial charge in [0, 0.05) is 6.20 Å². The van der Waals surface area contributed by atoms with E-state index in [0.717, 1.165) is 6.20 Å². The van der Waals surface area contributed by atoms with Gasteiger partial charge in [-0.25, -0.2) is 9.67 Å². The number of alkyl halides is 3. The van der Waals surface area contributed by atoms with Gasteiger partial charge in [0.1, 0.15) is 0 Å². The summed E-state index contributed by atoms with van der Waals surface area (Å²) >= 11 is 0. The Morgan fingerprint density at radius 3 is 2.63 bits per heavy atom. The fourth-order valence-corrected chi connectivity index (χ4v) is 1.66. The highest BCUT2D eigenvalue weighted by molar-refractivity contribution is 5.94. The minimum absolute atomic E-state index is 0.00215. The third-order valence-electron chi connectivity index (χ3n) is 2.49. The SMILES string of the molecule is Cc1cccnc1-n1ncc(C(N)=O)c1C(F)(F)F. The van der Waals surface area contributed by atoms with Crippen LogP contribution in [0.3, 0.4) is 0 Å². The summed E-state index contributed by atoms with van der Waals surface area (Å²) in [5.74, 6) is -1.19. The molecule has 0 saturated carbocycles. The standard InChI is InChI=1S/C11H9F3N4O/c1-6-3-2-4-16-10(6)18-8(11(12,13)14)7(5-17-18)9(15)19/h2-5H,1H3,(H2,15,19). The number of carbonyl (C=O) groups is 1. The van der Waals surface area contributed by atoms with Gasteiger partial charge >= 0.3 is 6.18 Å². The number of nitrogens with zero attached hydrogens (tertiary/aromatic N) is 3. The van der Waals surface area contributed by atoms with Crippen molar-refractivity contribution in [3.05, 3.63) is 41.3 Å². The topological polar surface area (TPSA) is 73.8 Å². The molecule has 5 nitrogen and oxygen atoms in total. The first-order chi connectivity index (χ1) is 8.82. The van der Waals surface area contributed by atoms with Crippen molar-refractivity contribution in [1.29, 1.82) is 0 Å². The zero-order valence-electron chi connectivity index (χ0n) is 9.77. The maximum Gasteiger partial charge on any atom is 0.434 e. The minimum Gasteiger partial charge on any atom is -0.365 e. The quantitative estimate of drug-likeness (QED) is 0.902. The van der Waals surface area contributed by atoms with Gasteiger partial charge in [-0.1, -0.05) is 6.07 Å². The maximum absolute atomic E-state index is 13.0. The van der Waals surface area contributed by atoms with Crippen LogP contribution in [0.15, 0.2) is 24.5 Å². The maximum atomic E-state index is 13.0. The third-order valence-corrected chi connectivity index (χ3v) is 2.49. The molecule has 0 atom stereocenters. The predicted molar refractivity (Wildman–Crippen MR) is 59.6 cm³/mol. The zero-order valence-corrected chi connectivity index (χ0v) is 9.77. The van der Waals surface area contributed by atoms with E-state index in [1.54, 1.807) is 19.1 Å². The average molecular weight is 270 g/mol. The van der Waals surface area contributed by atoms with Gasteiger partial charge in [0.05, 0.1) is 11.8 Å². The number of nitrogens with two attached hydrogens (primary N) is 1. The van der Waals surface area contributed by atoms with E-state index in [4.69, 9.17) is 5.73 Å². The monoisotopic (exact) mass is 270 g/mol. The zero-order chi connectivity index (χ0) is 14.2. The lowest BCUT2D eigenvalue weighted by atomic mass is 10.2. The second kappa shape index (κ2) is 4.38. The van der Waals surface area contributed by atoms with E-state index >= 15 is 0 Å². The largest absolute Gasteiger partial charge is 0.434 e. The molecular formula is C11H9F3N4O. The van der Waals surface area contributed by atoms with Gasteiger partial charge in [0.2, 0.25) is 0 Å². The van der Waals surface area contributed by atoms with Crippen LogP contribution in [0.4, 0.5) is 13.2 Å². The molecule has 0 aromatic carbocycles. The van der Waals surface area contributed by atoms with Crippen LogP contribution in [0.5, 0.6) is 0 Å². The lowest BCUT2D eigenvalue weighted by Crippen LogP contribution is -2.21. The molecule has 0 aliphatic heterocycles. The van der Waals surface area contributed by atoms with Gasteiger partial charge in [0.25, 0.3) is 5.91 Å². The van der Waals surface area contributed by atoms with Crippen molar-refractivity contribution < 1.29 is 18.0 Å². The van der Waals surface area contributed by atoms with Gasteiger partial charge in [-0.3, -0.25) is 4.79 Å². The number of carbonyl (C=O) groups excluding carboxylic acids is 1. The Morgan fingerprint density at radius 1 is 1.42 bits per heavy atom. The number of aryl methyl sites for hydroxylation is 1. The molecule has 8 heteroatoms. The molecule has 0 radical (unpaired) electrons. The summed E-state index contributed by atoms with van der Waals surface area (Å²) in [7, 11) is 0. The smallest absolute Gasteiger partial charge is 0.365 e. The molecule has 2 aromatic heterocycles. The first-order valence-electron chi connectivity index (χ1n) is 5.19. The summed E-state index contributed by atoms with van der Waals surface area (Å²) in [6, 6.07) is 3.18. The van der Waals surface area contributed by atoms with Crippen molar-refractivity contribution in [3.8, 4) is 5.82 Å². The summed E-state index contributed by atoms with van der Waals surface area (Å²) in [5, 5.41) is 3.57. The van der Waals surface area contributed by atoms with Crippen molar-refractivity contribution in [2.24, 2.45) is 5.73 Å². The molecule has 0 aliphatic rings. The second-order valence-corrected chi connectivity index (χ2v) is 3.82. The summed E-state index contributed by atoms with van der Waals surface area (Å²) in [4.78, 5) is 14.9. The Hall–Kier alpha value is -2.38. The van der Waals surface area contributed by atoms with Crippen molar-refractivity contribution in [3.63, 3.8) is 0 Å². The molecule has 1 amide bonds. The number of pyridine rings is 1. The molecule has 100 valence electrons. The Morgan fingerprint density at radius 2 is 2.11 bits per heavy atom. The molecule has 0 unspecified atom stereocenters. The van der Waals surface area contributed by atoms with E-state index in [1.165, 1.54) is 6.20 Å². The fraction of sp³-hybridized carbons (Fsp3) is 0.182. The van der Waals surface area contributed by atoms with Gasteiger partial charge in [-0.2, -0.15) is 18.3 Å². The van der Waals surface area contributed by atoms with Gasteiger partial charge in [-0.05, 0) is 18.6 Å². The number of amides is 1. The van der Waals surface area contributed by atoms with E-state index in [1.807, 2.05) is 0 Å². The Kier molecular flexibility index (Phi) is 3.01. The Labute approximate surface area is 105 Å². The van der Waals surface area contributed by atoms with Crippen LogP contribution in [0.2, 0.25) is 0 Å². The molecule has 0 fully saturated rings. The lowest BCUT2D eigenvalue weighted by Gasteiger charge is -2.12. The molecule has 2 heterocycles. The fourth-order valence-electron chi connectivity index (χ4n) is 1.66. The minimum atomic E-state index is -4.76. The lowest BCUT2D eigenvalue weighted by molar-refractivity contribution is -0.143. The molecule has 0 bridgehead atoms. The van der Waals surface area contributed by atoms with Crippen LogP contribution in [-0.2, 0) is 6.18 Å². The number of aromatic nitrogens is 3. The van der Waals surface area contributed by atoms with Crippen molar-refractivity contribution in [1.82, 2.24) is 14.8 Å².